The lowest BCUT2D eigenvalue weighted by Crippen LogP contribution is -2.13. The topological polar surface area (TPSA) is 87.8 Å². The molecule has 0 unspecified atom stereocenters. The Hall–Kier alpha value is -2.66. The molecule has 0 aliphatic carbocycles. The third kappa shape index (κ3) is 3.32. The summed E-state index contributed by atoms with van der Waals surface area (Å²) in [6, 6.07) is 16.8. The van der Waals surface area contributed by atoms with Crippen LogP contribution in [-0.4, -0.2) is 20.3 Å². The summed E-state index contributed by atoms with van der Waals surface area (Å²) in [5, 5.41) is 16.4. The van der Waals surface area contributed by atoms with E-state index in [0.29, 0.717) is 11.6 Å². The van der Waals surface area contributed by atoms with Gasteiger partial charge in [-0.25, -0.2) is 4.98 Å². The number of rotatable bonds is 5. The molecule has 1 heterocycles. The van der Waals surface area contributed by atoms with Crippen LogP contribution in [0.15, 0.2) is 54.6 Å². The third-order valence-electron chi connectivity index (χ3n) is 3.57. The monoisotopic (exact) mass is 294 g/mol. The predicted molar refractivity (Wildman–Crippen MR) is 85.2 cm³/mol. The normalized spacial score (nSPS) is 12.2. The van der Waals surface area contributed by atoms with Crippen LogP contribution < -0.4 is 5.73 Å². The summed E-state index contributed by atoms with van der Waals surface area (Å²) in [5.74, 6) is 1.49. The van der Waals surface area contributed by atoms with Crippen molar-refractivity contribution in [1.82, 2.24) is 15.2 Å². The maximum absolute atomic E-state index is 9.31. The summed E-state index contributed by atoms with van der Waals surface area (Å²) >= 11 is 0. The van der Waals surface area contributed by atoms with Gasteiger partial charge in [0.1, 0.15) is 11.6 Å². The van der Waals surface area contributed by atoms with Crippen LogP contribution >= 0.6 is 0 Å². The summed E-state index contributed by atoms with van der Waals surface area (Å²) in [6.07, 6.45) is 1.70. The van der Waals surface area contributed by atoms with Gasteiger partial charge < -0.3 is 10.8 Å². The van der Waals surface area contributed by atoms with Gasteiger partial charge in [0.2, 0.25) is 0 Å². The zero-order chi connectivity index (χ0) is 15.4. The van der Waals surface area contributed by atoms with Gasteiger partial charge in [0.15, 0.2) is 5.82 Å². The number of phenolic OH excluding ortho intramolecular Hbond substituents is 1. The van der Waals surface area contributed by atoms with E-state index in [1.807, 2.05) is 18.2 Å². The number of nitrogens with two attached hydrogens (primary N) is 1. The Kier molecular flexibility index (Phi) is 4.16. The molecule has 4 N–H and O–H groups in total. The maximum Gasteiger partial charge on any atom is 0.181 e. The van der Waals surface area contributed by atoms with E-state index < -0.39 is 0 Å². The van der Waals surface area contributed by atoms with E-state index in [1.54, 1.807) is 24.3 Å². The average molecular weight is 294 g/mol. The Morgan fingerprint density at radius 2 is 1.77 bits per heavy atom. The smallest absolute Gasteiger partial charge is 0.181 e. The molecule has 22 heavy (non-hydrogen) atoms. The Labute approximate surface area is 128 Å². The van der Waals surface area contributed by atoms with Gasteiger partial charge in [-0.05, 0) is 42.7 Å². The number of H-pyrrole nitrogens is 1. The van der Waals surface area contributed by atoms with Gasteiger partial charge in [0, 0.05) is 5.56 Å². The van der Waals surface area contributed by atoms with Crippen molar-refractivity contribution >= 4 is 0 Å². The van der Waals surface area contributed by atoms with Crippen LogP contribution in [0.5, 0.6) is 5.75 Å². The second-order valence-corrected chi connectivity index (χ2v) is 5.22. The number of phenols is 1. The van der Waals surface area contributed by atoms with Crippen molar-refractivity contribution in [2.45, 2.75) is 18.9 Å². The minimum absolute atomic E-state index is 0.182. The number of aromatic nitrogens is 3. The molecule has 3 aromatic rings. The van der Waals surface area contributed by atoms with Crippen LogP contribution in [0.25, 0.3) is 11.4 Å². The van der Waals surface area contributed by atoms with Crippen molar-refractivity contribution in [1.29, 1.82) is 0 Å². The molecule has 0 bridgehead atoms. The fourth-order valence-corrected chi connectivity index (χ4v) is 2.28. The molecular formula is C17H18N4O. The highest BCUT2D eigenvalue weighted by Crippen LogP contribution is 2.20. The number of nitrogens with zero attached hydrogens (tertiary/aromatic N) is 2. The number of benzene rings is 2. The molecule has 0 amide bonds. The van der Waals surface area contributed by atoms with Crippen LogP contribution in [0.2, 0.25) is 0 Å². The number of aromatic hydroxyl groups is 1. The van der Waals surface area contributed by atoms with E-state index in [2.05, 4.69) is 27.3 Å². The molecule has 2 aromatic carbocycles. The minimum atomic E-state index is -0.182. The Bertz CT molecular complexity index is 722. The first-order chi connectivity index (χ1) is 10.7. The van der Waals surface area contributed by atoms with Crippen molar-refractivity contribution in [3.05, 3.63) is 66.0 Å². The van der Waals surface area contributed by atoms with Gasteiger partial charge in [-0.1, -0.05) is 30.3 Å². The third-order valence-corrected chi connectivity index (χ3v) is 3.57. The molecule has 5 nitrogen and oxygen atoms in total. The zero-order valence-corrected chi connectivity index (χ0v) is 12.1. The molecule has 0 aliphatic heterocycles. The van der Waals surface area contributed by atoms with Crippen LogP contribution in [-0.2, 0) is 6.42 Å². The fourth-order valence-electron chi connectivity index (χ4n) is 2.28. The molecule has 0 fully saturated rings. The lowest BCUT2D eigenvalue weighted by Gasteiger charge is -2.07. The van der Waals surface area contributed by atoms with E-state index in [4.69, 9.17) is 5.73 Å². The first-order valence-electron chi connectivity index (χ1n) is 7.23. The molecule has 5 heteroatoms. The van der Waals surface area contributed by atoms with Gasteiger partial charge in [-0.3, -0.25) is 5.10 Å². The highest BCUT2D eigenvalue weighted by Gasteiger charge is 2.13. The molecule has 1 atom stereocenters. The van der Waals surface area contributed by atoms with Crippen LogP contribution in [0.1, 0.15) is 23.9 Å². The van der Waals surface area contributed by atoms with E-state index in [1.165, 1.54) is 5.56 Å². The first kappa shape index (κ1) is 14.3. The first-order valence-corrected chi connectivity index (χ1v) is 7.23. The summed E-state index contributed by atoms with van der Waals surface area (Å²) in [5.41, 5.74) is 8.29. The highest BCUT2D eigenvalue weighted by atomic mass is 16.3. The van der Waals surface area contributed by atoms with Gasteiger partial charge in [0.05, 0.1) is 6.04 Å². The quantitative estimate of drug-likeness (QED) is 0.675. The van der Waals surface area contributed by atoms with Crippen LogP contribution in [0.4, 0.5) is 0 Å². The van der Waals surface area contributed by atoms with Gasteiger partial charge >= 0.3 is 0 Å². The van der Waals surface area contributed by atoms with Gasteiger partial charge in [-0.2, -0.15) is 5.10 Å². The highest BCUT2D eigenvalue weighted by molar-refractivity contribution is 5.55. The van der Waals surface area contributed by atoms with Crippen molar-refractivity contribution in [2.75, 3.05) is 0 Å². The second-order valence-electron chi connectivity index (χ2n) is 5.22. The summed E-state index contributed by atoms with van der Waals surface area (Å²) in [6.45, 7) is 0. The second kappa shape index (κ2) is 6.41. The lowest BCUT2D eigenvalue weighted by atomic mass is 10.1. The van der Waals surface area contributed by atoms with Gasteiger partial charge in [-0.15, -0.1) is 0 Å². The zero-order valence-electron chi connectivity index (χ0n) is 12.1. The molecule has 0 aliphatic rings. The molecule has 0 spiro atoms. The van der Waals surface area contributed by atoms with Crippen molar-refractivity contribution < 1.29 is 5.11 Å². The molecule has 0 saturated carbocycles. The number of hydrogen-bond donors (Lipinski definition) is 3. The minimum Gasteiger partial charge on any atom is -0.508 e. The lowest BCUT2D eigenvalue weighted by molar-refractivity contribution is 0.475. The molecule has 112 valence electrons. The summed E-state index contributed by atoms with van der Waals surface area (Å²) < 4.78 is 0. The Morgan fingerprint density at radius 1 is 1.05 bits per heavy atom. The summed E-state index contributed by atoms with van der Waals surface area (Å²) in [4.78, 5) is 4.45. The predicted octanol–water partition coefficient (Wildman–Crippen LogP) is 2.81. The number of hydrogen-bond acceptors (Lipinski definition) is 4. The number of aromatic amines is 1. The Morgan fingerprint density at radius 3 is 2.50 bits per heavy atom. The van der Waals surface area contributed by atoms with Gasteiger partial charge in [0.25, 0.3) is 0 Å². The number of nitrogens with one attached hydrogen (secondary N) is 1. The molecular weight excluding hydrogens is 276 g/mol. The molecule has 0 radical (unpaired) electrons. The molecule has 3 rings (SSSR count). The molecule has 1 aromatic heterocycles. The molecule has 0 saturated heterocycles. The van der Waals surface area contributed by atoms with Crippen LogP contribution in [0.3, 0.4) is 0 Å². The van der Waals surface area contributed by atoms with Crippen LogP contribution in [0, 0.1) is 0 Å². The van der Waals surface area contributed by atoms with E-state index in [9.17, 15) is 5.11 Å². The Balaban J connectivity index is 1.66. The summed E-state index contributed by atoms with van der Waals surface area (Å²) in [7, 11) is 0. The van der Waals surface area contributed by atoms with E-state index >= 15 is 0 Å². The largest absolute Gasteiger partial charge is 0.508 e. The van der Waals surface area contributed by atoms with Crippen molar-refractivity contribution in [3.63, 3.8) is 0 Å². The number of aryl methyl sites for hydroxylation is 1. The SMILES string of the molecule is N[C@H](CCc1ccccc1)c1nc(-c2ccc(O)cc2)n[nH]1. The van der Waals surface area contributed by atoms with E-state index in [0.717, 1.165) is 18.4 Å². The standard InChI is InChI=1S/C17H18N4O/c18-15(11-6-12-4-2-1-3-5-12)17-19-16(20-21-17)13-7-9-14(22)10-8-13/h1-5,7-10,15,22H,6,11,18H2,(H,19,20,21)/t15-/m1/s1. The van der Waals surface area contributed by atoms with Crippen molar-refractivity contribution in [3.8, 4) is 17.1 Å². The average Bonchev–Trinajstić information content (AvgIpc) is 3.04. The van der Waals surface area contributed by atoms with Crippen molar-refractivity contribution in [2.24, 2.45) is 5.73 Å². The van der Waals surface area contributed by atoms with E-state index in [-0.39, 0.29) is 11.8 Å². The maximum atomic E-state index is 9.31. The fraction of sp³-hybridized carbons (Fsp3) is 0.176.